The minimum absolute atomic E-state index is 0.186. The van der Waals surface area contributed by atoms with Crippen LogP contribution in [0.2, 0.25) is 0 Å². The van der Waals surface area contributed by atoms with E-state index in [9.17, 15) is 0 Å². The van der Waals surface area contributed by atoms with Gasteiger partial charge in [0.1, 0.15) is 0 Å². The molecule has 3 rings (SSSR count). The van der Waals surface area contributed by atoms with Crippen molar-refractivity contribution >= 4 is 16.5 Å². The molecule has 18 heavy (non-hydrogen) atoms. The molecule has 0 aromatic carbocycles. The predicted molar refractivity (Wildman–Crippen MR) is 77.3 cm³/mol. The Labute approximate surface area is 113 Å². The molecule has 0 spiro atoms. The molecule has 1 aromatic heterocycles. The molecule has 2 N–H and O–H groups in total. The number of nitrogens with zero attached hydrogens (tertiary/aromatic N) is 2. The van der Waals surface area contributed by atoms with Gasteiger partial charge in [0, 0.05) is 23.5 Å². The molecular formula is C14H23N3S. The highest BCUT2D eigenvalue weighted by molar-refractivity contribution is 7.15. The van der Waals surface area contributed by atoms with Gasteiger partial charge in [0.2, 0.25) is 0 Å². The van der Waals surface area contributed by atoms with Gasteiger partial charge in [-0.2, -0.15) is 0 Å². The van der Waals surface area contributed by atoms with Crippen LogP contribution in [-0.2, 0) is 6.42 Å². The SMILES string of the molecule is CCCCN(c1nc2c(s1)CCCC2N)C1CC1. The number of aromatic nitrogens is 1. The highest BCUT2D eigenvalue weighted by Crippen LogP contribution is 2.39. The monoisotopic (exact) mass is 265 g/mol. The molecule has 0 saturated heterocycles. The molecule has 1 atom stereocenters. The lowest BCUT2D eigenvalue weighted by Crippen LogP contribution is -2.26. The van der Waals surface area contributed by atoms with Gasteiger partial charge < -0.3 is 10.6 Å². The highest BCUT2D eigenvalue weighted by atomic mass is 32.1. The zero-order valence-electron chi connectivity index (χ0n) is 11.2. The third-order valence-corrected chi connectivity index (χ3v) is 5.14. The Morgan fingerprint density at radius 3 is 2.89 bits per heavy atom. The molecular weight excluding hydrogens is 242 g/mol. The lowest BCUT2D eigenvalue weighted by molar-refractivity contribution is 0.563. The average molecular weight is 265 g/mol. The zero-order valence-corrected chi connectivity index (χ0v) is 12.0. The number of rotatable bonds is 5. The van der Waals surface area contributed by atoms with Crippen LogP contribution < -0.4 is 10.6 Å². The second-order valence-corrected chi connectivity index (χ2v) is 6.64. The Bertz CT molecular complexity index is 411. The van der Waals surface area contributed by atoms with Crippen LogP contribution in [-0.4, -0.2) is 17.6 Å². The standard InChI is InChI=1S/C14H23N3S/c1-2-3-9-17(10-7-8-10)14-16-13-11(15)5-4-6-12(13)18-14/h10-11H,2-9,15H2,1H3. The topological polar surface area (TPSA) is 42.2 Å². The van der Waals surface area contributed by atoms with Crippen LogP contribution in [0.3, 0.4) is 0 Å². The Balaban J connectivity index is 1.81. The summed E-state index contributed by atoms with van der Waals surface area (Å²) in [6.07, 6.45) is 8.75. The van der Waals surface area contributed by atoms with Crippen LogP contribution in [0.4, 0.5) is 5.13 Å². The molecule has 3 nitrogen and oxygen atoms in total. The fourth-order valence-electron chi connectivity index (χ4n) is 2.71. The van der Waals surface area contributed by atoms with Crippen molar-refractivity contribution in [3.05, 3.63) is 10.6 Å². The van der Waals surface area contributed by atoms with E-state index in [1.165, 1.54) is 60.8 Å². The first-order valence-electron chi connectivity index (χ1n) is 7.31. The van der Waals surface area contributed by atoms with Gasteiger partial charge in [-0.15, -0.1) is 11.3 Å². The largest absolute Gasteiger partial charge is 0.345 e. The van der Waals surface area contributed by atoms with Gasteiger partial charge in [-0.1, -0.05) is 13.3 Å². The van der Waals surface area contributed by atoms with Gasteiger partial charge in [-0.25, -0.2) is 4.98 Å². The van der Waals surface area contributed by atoms with E-state index in [4.69, 9.17) is 10.7 Å². The number of unbranched alkanes of at least 4 members (excludes halogenated alkanes) is 1. The minimum atomic E-state index is 0.186. The minimum Gasteiger partial charge on any atom is -0.345 e. The van der Waals surface area contributed by atoms with E-state index >= 15 is 0 Å². The van der Waals surface area contributed by atoms with Gasteiger partial charge >= 0.3 is 0 Å². The molecule has 100 valence electrons. The zero-order chi connectivity index (χ0) is 12.5. The van der Waals surface area contributed by atoms with Crippen LogP contribution in [0.25, 0.3) is 0 Å². The number of anilines is 1. The van der Waals surface area contributed by atoms with Crippen molar-refractivity contribution in [1.82, 2.24) is 4.98 Å². The van der Waals surface area contributed by atoms with Crippen molar-refractivity contribution in [2.24, 2.45) is 5.73 Å². The quantitative estimate of drug-likeness (QED) is 0.888. The molecule has 0 radical (unpaired) electrons. The summed E-state index contributed by atoms with van der Waals surface area (Å²) in [7, 11) is 0. The Kier molecular flexibility index (Phi) is 3.57. The Morgan fingerprint density at radius 2 is 2.22 bits per heavy atom. The number of hydrogen-bond donors (Lipinski definition) is 1. The third kappa shape index (κ3) is 2.41. The summed E-state index contributed by atoms with van der Waals surface area (Å²) in [5.41, 5.74) is 7.37. The molecule has 0 amide bonds. The molecule has 1 unspecified atom stereocenters. The van der Waals surface area contributed by atoms with Crippen LogP contribution in [0.15, 0.2) is 0 Å². The van der Waals surface area contributed by atoms with E-state index in [1.54, 1.807) is 0 Å². The van der Waals surface area contributed by atoms with Gasteiger partial charge in [0.25, 0.3) is 0 Å². The summed E-state index contributed by atoms with van der Waals surface area (Å²) >= 11 is 1.90. The average Bonchev–Trinajstić information content (AvgIpc) is 3.09. The first-order chi connectivity index (χ1) is 8.79. The summed E-state index contributed by atoms with van der Waals surface area (Å²) in [4.78, 5) is 8.86. The van der Waals surface area contributed by atoms with E-state index < -0.39 is 0 Å². The summed E-state index contributed by atoms with van der Waals surface area (Å²) in [6.45, 7) is 3.43. The van der Waals surface area contributed by atoms with E-state index in [2.05, 4.69) is 11.8 Å². The molecule has 0 aliphatic heterocycles. The van der Waals surface area contributed by atoms with Crippen molar-refractivity contribution < 1.29 is 0 Å². The molecule has 1 saturated carbocycles. The lowest BCUT2D eigenvalue weighted by atomic mass is 9.99. The van der Waals surface area contributed by atoms with Crippen LogP contribution in [0.5, 0.6) is 0 Å². The molecule has 2 aliphatic rings. The maximum absolute atomic E-state index is 6.18. The molecule has 1 heterocycles. The molecule has 1 fully saturated rings. The normalized spacial score (nSPS) is 22.9. The van der Waals surface area contributed by atoms with Gasteiger partial charge in [-0.05, 0) is 38.5 Å². The fourth-order valence-corrected chi connectivity index (χ4v) is 3.98. The first-order valence-corrected chi connectivity index (χ1v) is 8.13. The van der Waals surface area contributed by atoms with Crippen molar-refractivity contribution in [2.45, 2.75) is 64.0 Å². The van der Waals surface area contributed by atoms with Crippen molar-refractivity contribution in [1.29, 1.82) is 0 Å². The number of fused-ring (bicyclic) bond motifs is 1. The number of thiazole rings is 1. The summed E-state index contributed by atoms with van der Waals surface area (Å²) in [5.74, 6) is 0. The fraction of sp³-hybridized carbons (Fsp3) is 0.786. The maximum Gasteiger partial charge on any atom is 0.186 e. The van der Waals surface area contributed by atoms with Gasteiger partial charge in [0.15, 0.2) is 5.13 Å². The van der Waals surface area contributed by atoms with Crippen molar-refractivity contribution in [3.8, 4) is 0 Å². The first kappa shape index (κ1) is 12.4. The van der Waals surface area contributed by atoms with E-state index in [-0.39, 0.29) is 6.04 Å². The van der Waals surface area contributed by atoms with Crippen molar-refractivity contribution in [3.63, 3.8) is 0 Å². The summed E-state index contributed by atoms with van der Waals surface area (Å²) in [6, 6.07) is 0.950. The maximum atomic E-state index is 6.18. The predicted octanol–water partition coefficient (Wildman–Crippen LogP) is 3.25. The third-order valence-electron chi connectivity index (χ3n) is 3.97. The molecule has 4 heteroatoms. The van der Waals surface area contributed by atoms with Crippen LogP contribution >= 0.6 is 11.3 Å². The van der Waals surface area contributed by atoms with E-state index in [1.807, 2.05) is 11.3 Å². The highest BCUT2D eigenvalue weighted by Gasteiger charge is 2.32. The van der Waals surface area contributed by atoms with E-state index in [0.717, 1.165) is 12.5 Å². The van der Waals surface area contributed by atoms with Crippen molar-refractivity contribution in [2.75, 3.05) is 11.4 Å². The second kappa shape index (κ2) is 5.17. The molecule has 2 aliphatic carbocycles. The Morgan fingerprint density at radius 1 is 1.39 bits per heavy atom. The van der Waals surface area contributed by atoms with Gasteiger partial charge in [0.05, 0.1) is 5.69 Å². The Hall–Kier alpha value is -0.610. The summed E-state index contributed by atoms with van der Waals surface area (Å²) < 4.78 is 0. The molecule has 1 aromatic rings. The number of nitrogens with two attached hydrogens (primary N) is 1. The lowest BCUT2D eigenvalue weighted by Gasteiger charge is -2.21. The number of aryl methyl sites for hydroxylation is 1. The molecule has 0 bridgehead atoms. The smallest absolute Gasteiger partial charge is 0.186 e. The number of hydrogen-bond acceptors (Lipinski definition) is 4. The van der Waals surface area contributed by atoms with Gasteiger partial charge in [-0.3, -0.25) is 0 Å². The van der Waals surface area contributed by atoms with Crippen LogP contribution in [0, 0.1) is 0 Å². The van der Waals surface area contributed by atoms with Crippen LogP contribution in [0.1, 0.15) is 62.1 Å². The van der Waals surface area contributed by atoms with E-state index in [0.29, 0.717) is 0 Å². The summed E-state index contributed by atoms with van der Waals surface area (Å²) in [5, 5.41) is 1.24. The second-order valence-electron chi connectivity index (χ2n) is 5.58.